The fourth-order valence-electron chi connectivity index (χ4n) is 2.29. The standard InChI is InChI=1S/C15H22N4O2/c1-12-4-3-5-17-13(12)10-14(20)18(2)11-15(21)19-8-6-16-7-9-19/h3-5,16H,6-11H2,1-2H3. The zero-order valence-electron chi connectivity index (χ0n) is 12.6. The number of likely N-dealkylation sites (N-methyl/N-ethyl adjacent to an activating group) is 1. The highest BCUT2D eigenvalue weighted by Crippen LogP contribution is 2.06. The molecule has 2 heterocycles. The molecule has 2 amide bonds. The van der Waals surface area contributed by atoms with Gasteiger partial charge in [0.25, 0.3) is 0 Å². The summed E-state index contributed by atoms with van der Waals surface area (Å²) >= 11 is 0. The van der Waals surface area contributed by atoms with E-state index in [4.69, 9.17) is 0 Å². The van der Waals surface area contributed by atoms with Crippen LogP contribution in [-0.2, 0) is 16.0 Å². The molecule has 0 aromatic carbocycles. The van der Waals surface area contributed by atoms with Crippen LogP contribution in [0.4, 0.5) is 0 Å². The lowest BCUT2D eigenvalue weighted by molar-refractivity contribution is -0.139. The van der Waals surface area contributed by atoms with Gasteiger partial charge in [-0.2, -0.15) is 0 Å². The van der Waals surface area contributed by atoms with Crippen molar-refractivity contribution in [3.05, 3.63) is 29.6 Å². The number of nitrogens with zero attached hydrogens (tertiary/aromatic N) is 3. The minimum atomic E-state index is -0.0831. The fraction of sp³-hybridized carbons (Fsp3) is 0.533. The first-order valence-electron chi connectivity index (χ1n) is 7.21. The molecule has 0 bridgehead atoms. The van der Waals surface area contributed by atoms with Crippen LogP contribution in [0.1, 0.15) is 11.3 Å². The van der Waals surface area contributed by atoms with E-state index >= 15 is 0 Å². The fourth-order valence-corrected chi connectivity index (χ4v) is 2.29. The first-order chi connectivity index (χ1) is 10.1. The highest BCUT2D eigenvalue weighted by Gasteiger charge is 2.20. The topological polar surface area (TPSA) is 65.5 Å². The zero-order chi connectivity index (χ0) is 15.2. The van der Waals surface area contributed by atoms with Gasteiger partial charge in [-0.1, -0.05) is 6.07 Å². The molecule has 0 unspecified atom stereocenters. The summed E-state index contributed by atoms with van der Waals surface area (Å²) in [5.41, 5.74) is 1.76. The number of hydrogen-bond acceptors (Lipinski definition) is 4. The van der Waals surface area contributed by atoms with Crippen molar-refractivity contribution in [1.82, 2.24) is 20.1 Å². The molecule has 1 aromatic rings. The summed E-state index contributed by atoms with van der Waals surface area (Å²) in [7, 11) is 1.67. The van der Waals surface area contributed by atoms with Crippen LogP contribution in [0, 0.1) is 6.92 Å². The maximum absolute atomic E-state index is 12.2. The van der Waals surface area contributed by atoms with E-state index in [1.807, 2.05) is 19.1 Å². The smallest absolute Gasteiger partial charge is 0.242 e. The van der Waals surface area contributed by atoms with Crippen molar-refractivity contribution in [2.75, 3.05) is 39.8 Å². The quantitative estimate of drug-likeness (QED) is 0.835. The highest BCUT2D eigenvalue weighted by atomic mass is 16.2. The summed E-state index contributed by atoms with van der Waals surface area (Å²) in [6.45, 7) is 5.11. The van der Waals surface area contributed by atoms with Crippen molar-refractivity contribution in [3.8, 4) is 0 Å². The van der Waals surface area contributed by atoms with E-state index in [1.165, 1.54) is 4.90 Å². The summed E-state index contributed by atoms with van der Waals surface area (Å²) in [6.07, 6.45) is 1.92. The van der Waals surface area contributed by atoms with Gasteiger partial charge in [-0.25, -0.2) is 0 Å². The van der Waals surface area contributed by atoms with E-state index in [0.29, 0.717) is 13.1 Å². The Morgan fingerprint density at radius 3 is 2.76 bits per heavy atom. The van der Waals surface area contributed by atoms with Gasteiger partial charge in [-0.15, -0.1) is 0 Å². The monoisotopic (exact) mass is 290 g/mol. The molecule has 1 fully saturated rings. The van der Waals surface area contributed by atoms with Gasteiger partial charge >= 0.3 is 0 Å². The summed E-state index contributed by atoms with van der Waals surface area (Å²) in [6, 6.07) is 3.78. The predicted molar refractivity (Wildman–Crippen MR) is 79.8 cm³/mol. The lowest BCUT2D eigenvalue weighted by Gasteiger charge is -2.29. The molecule has 6 heteroatoms. The van der Waals surface area contributed by atoms with E-state index in [2.05, 4.69) is 10.3 Å². The molecule has 1 N–H and O–H groups in total. The van der Waals surface area contributed by atoms with Crippen molar-refractivity contribution in [2.45, 2.75) is 13.3 Å². The Labute approximate surface area is 125 Å². The maximum Gasteiger partial charge on any atom is 0.242 e. The van der Waals surface area contributed by atoms with Crippen LogP contribution in [-0.4, -0.2) is 66.4 Å². The van der Waals surface area contributed by atoms with Gasteiger partial charge in [-0.05, 0) is 18.6 Å². The number of aryl methyl sites for hydroxylation is 1. The average Bonchev–Trinajstić information content (AvgIpc) is 2.50. The van der Waals surface area contributed by atoms with Crippen molar-refractivity contribution < 1.29 is 9.59 Å². The van der Waals surface area contributed by atoms with Gasteiger partial charge in [-0.3, -0.25) is 14.6 Å². The second-order valence-electron chi connectivity index (χ2n) is 5.32. The maximum atomic E-state index is 12.2. The Hall–Kier alpha value is -1.95. The number of amides is 2. The van der Waals surface area contributed by atoms with Crippen molar-refractivity contribution in [3.63, 3.8) is 0 Å². The second kappa shape index (κ2) is 7.17. The van der Waals surface area contributed by atoms with Crippen LogP contribution < -0.4 is 5.32 Å². The van der Waals surface area contributed by atoms with E-state index in [9.17, 15) is 9.59 Å². The third kappa shape index (κ3) is 4.26. The molecule has 114 valence electrons. The third-order valence-corrected chi connectivity index (χ3v) is 3.70. The van der Waals surface area contributed by atoms with E-state index in [1.54, 1.807) is 18.1 Å². The number of piperazine rings is 1. The molecule has 1 aliphatic heterocycles. The Balaban J connectivity index is 1.87. The average molecular weight is 290 g/mol. The predicted octanol–water partition coefficient (Wildman–Crippen LogP) is -0.177. The lowest BCUT2D eigenvalue weighted by Crippen LogP contribution is -2.49. The molecule has 0 atom stereocenters. The first kappa shape index (κ1) is 15.4. The van der Waals surface area contributed by atoms with Crippen LogP contribution in [0.2, 0.25) is 0 Å². The van der Waals surface area contributed by atoms with Crippen LogP contribution in [0.15, 0.2) is 18.3 Å². The van der Waals surface area contributed by atoms with Gasteiger partial charge in [0.05, 0.1) is 18.7 Å². The summed E-state index contributed by atoms with van der Waals surface area (Å²) in [5, 5.41) is 3.20. The molecular weight excluding hydrogens is 268 g/mol. The molecule has 1 saturated heterocycles. The lowest BCUT2D eigenvalue weighted by atomic mass is 10.1. The number of hydrogen-bond donors (Lipinski definition) is 1. The van der Waals surface area contributed by atoms with Gasteiger partial charge < -0.3 is 15.1 Å². The Kier molecular flexibility index (Phi) is 5.27. The number of carbonyl (C=O) groups excluding carboxylic acids is 2. The van der Waals surface area contributed by atoms with Crippen LogP contribution >= 0.6 is 0 Å². The zero-order valence-corrected chi connectivity index (χ0v) is 12.6. The number of aromatic nitrogens is 1. The molecule has 0 saturated carbocycles. The molecular formula is C15H22N4O2. The van der Waals surface area contributed by atoms with Gasteiger partial charge in [0.1, 0.15) is 0 Å². The molecule has 0 spiro atoms. The molecule has 6 nitrogen and oxygen atoms in total. The van der Waals surface area contributed by atoms with Crippen LogP contribution in [0.3, 0.4) is 0 Å². The summed E-state index contributed by atoms with van der Waals surface area (Å²) < 4.78 is 0. The molecule has 1 aromatic heterocycles. The summed E-state index contributed by atoms with van der Waals surface area (Å²) in [4.78, 5) is 31.8. The van der Waals surface area contributed by atoms with Crippen LogP contribution in [0.5, 0.6) is 0 Å². The first-order valence-corrected chi connectivity index (χ1v) is 7.21. The second-order valence-corrected chi connectivity index (χ2v) is 5.32. The number of nitrogens with one attached hydrogen (secondary N) is 1. The minimum absolute atomic E-state index is 0.00472. The number of rotatable bonds is 4. The van der Waals surface area contributed by atoms with E-state index < -0.39 is 0 Å². The minimum Gasteiger partial charge on any atom is -0.339 e. The van der Waals surface area contributed by atoms with E-state index in [-0.39, 0.29) is 24.8 Å². The molecule has 0 aliphatic carbocycles. The SMILES string of the molecule is Cc1cccnc1CC(=O)N(C)CC(=O)N1CCNCC1. The van der Waals surface area contributed by atoms with Crippen LogP contribution in [0.25, 0.3) is 0 Å². The van der Waals surface area contributed by atoms with Crippen molar-refractivity contribution >= 4 is 11.8 Å². The number of pyridine rings is 1. The Morgan fingerprint density at radius 1 is 1.38 bits per heavy atom. The van der Waals surface area contributed by atoms with Crippen molar-refractivity contribution in [2.24, 2.45) is 0 Å². The molecule has 0 radical (unpaired) electrons. The van der Waals surface area contributed by atoms with Gasteiger partial charge in [0.2, 0.25) is 11.8 Å². The normalized spacial score (nSPS) is 14.9. The van der Waals surface area contributed by atoms with Gasteiger partial charge in [0.15, 0.2) is 0 Å². The molecule has 21 heavy (non-hydrogen) atoms. The Bertz CT molecular complexity index is 512. The van der Waals surface area contributed by atoms with Gasteiger partial charge in [0, 0.05) is 39.4 Å². The highest BCUT2D eigenvalue weighted by molar-refractivity contribution is 5.85. The van der Waals surface area contributed by atoms with E-state index in [0.717, 1.165) is 24.3 Å². The third-order valence-electron chi connectivity index (χ3n) is 3.70. The molecule has 2 rings (SSSR count). The largest absolute Gasteiger partial charge is 0.339 e. The van der Waals surface area contributed by atoms with Crippen molar-refractivity contribution in [1.29, 1.82) is 0 Å². The Morgan fingerprint density at radius 2 is 2.10 bits per heavy atom. The molecule has 1 aliphatic rings. The summed E-state index contributed by atoms with van der Waals surface area (Å²) in [5.74, 6) is -0.0784. The number of carbonyl (C=O) groups is 2.